The number of hydrogen-bond acceptors (Lipinski definition) is 3. The summed E-state index contributed by atoms with van der Waals surface area (Å²) in [4.78, 5) is 0. The molecule has 0 radical (unpaired) electrons. The predicted molar refractivity (Wildman–Crippen MR) is 77.4 cm³/mol. The Hall–Kier alpha value is -1.55. The molecule has 0 aliphatic heterocycles. The largest absolute Gasteiger partial charge is 0.409 e. The minimum absolute atomic E-state index is 0.265. The van der Waals surface area contributed by atoms with Crippen molar-refractivity contribution in [2.24, 2.45) is 16.3 Å². The lowest BCUT2D eigenvalue weighted by atomic mass is 9.88. The van der Waals surface area contributed by atoms with Crippen LogP contribution in [0.25, 0.3) is 0 Å². The van der Waals surface area contributed by atoms with Gasteiger partial charge in [0.25, 0.3) is 0 Å². The zero-order valence-electron chi connectivity index (χ0n) is 11.6. The molecule has 19 heavy (non-hydrogen) atoms. The Bertz CT molecular complexity index is 442. The fourth-order valence-electron chi connectivity index (χ4n) is 2.32. The summed E-state index contributed by atoms with van der Waals surface area (Å²) in [6.07, 6.45) is 2.06. The quantitative estimate of drug-likeness (QED) is 0.318. The van der Waals surface area contributed by atoms with E-state index in [1.165, 1.54) is 12.0 Å². The highest BCUT2D eigenvalue weighted by Gasteiger charge is 2.37. The van der Waals surface area contributed by atoms with Gasteiger partial charge in [0, 0.05) is 17.4 Å². The molecule has 2 rings (SSSR count). The van der Waals surface area contributed by atoms with Crippen molar-refractivity contribution in [1.29, 1.82) is 0 Å². The van der Waals surface area contributed by atoms with Crippen LogP contribution in [-0.4, -0.2) is 23.6 Å². The van der Waals surface area contributed by atoms with E-state index >= 15 is 0 Å². The van der Waals surface area contributed by atoms with E-state index in [1.807, 2.05) is 19.9 Å². The number of rotatable bonds is 6. The van der Waals surface area contributed by atoms with Crippen molar-refractivity contribution >= 4 is 5.84 Å². The summed E-state index contributed by atoms with van der Waals surface area (Å²) in [6, 6.07) is 11.2. The lowest BCUT2D eigenvalue weighted by molar-refractivity contribution is 0.305. The highest BCUT2D eigenvalue weighted by molar-refractivity contribution is 5.85. The van der Waals surface area contributed by atoms with Crippen LogP contribution in [0.15, 0.2) is 35.5 Å². The average Bonchev–Trinajstić information content (AvgIpc) is 3.18. The maximum atomic E-state index is 8.72. The molecule has 2 atom stereocenters. The fraction of sp³-hybridized carbons (Fsp3) is 0.533. The van der Waals surface area contributed by atoms with Crippen LogP contribution in [0.3, 0.4) is 0 Å². The third kappa shape index (κ3) is 3.47. The van der Waals surface area contributed by atoms with Gasteiger partial charge in [0.05, 0.1) is 0 Å². The average molecular weight is 261 g/mol. The molecule has 0 heterocycles. The number of benzene rings is 1. The van der Waals surface area contributed by atoms with Crippen LogP contribution in [0.5, 0.6) is 0 Å². The van der Waals surface area contributed by atoms with Gasteiger partial charge in [-0.2, -0.15) is 0 Å². The summed E-state index contributed by atoms with van der Waals surface area (Å²) >= 11 is 0. The topological polar surface area (TPSA) is 70.6 Å². The molecule has 0 spiro atoms. The lowest BCUT2D eigenvalue weighted by Gasteiger charge is -2.22. The molecule has 1 aliphatic rings. The van der Waals surface area contributed by atoms with Crippen LogP contribution in [0.2, 0.25) is 0 Å². The van der Waals surface area contributed by atoms with E-state index in [9.17, 15) is 0 Å². The van der Waals surface area contributed by atoms with Crippen LogP contribution in [0.1, 0.15) is 38.2 Å². The molecular weight excluding hydrogens is 238 g/mol. The second kappa shape index (κ2) is 5.61. The third-order valence-corrected chi connectivity index (χ3v) is 3.98. The zero-order valence-corrected chi connectivity index (χ0v) is 11.6. The van der Waals surface area contributed by atoms with Crippen molar-refractivity contribution in [2.75, 3.05) is 6.54 Å². The first kappa shape index (κ1) is 13.9. The molecule has 1 fully saturated rings. The summed E-state index contributed by atoms with van der Waals surface area (Å²) in [5.41, 5.74) is 6.82. The van der Waals surface area contributed by atoms with Gasteiger partial charge in [0.2, 0.25) is 0 Å². The Morgan fingerprint density at radius 3 is 2.74 bits per heavy atom. The van der Waals surface area contributed by atoms with E-state index in [1.54, 1.807) is 0 Å². The van der Waals surface area contributed by atoms with Crippen molar-refractivity contribution in [3.63, 3.8) is 0 Å². The summed E-state index contributed by atoms with van der Waals surface area (Å²) in [5.74, 6) is 0.942. The van der Waals surface area contributed by atoms with Gasteiger partial charge in [0.1, 0.15) is 5.84 Å². The second-order valence-corrected chi connectivity index (χ2v) is 5.93. The van der Waals surface area contributed by atoms with Crippen LogP contribution in [0.4, 0.5) is 0 Å². The predicted octanol–water partition coefficient (Wildman–Crippen LogP) is 2.29. The fourth-order valence-corrected chi connectivity index (χ4v) is 2.32. The number of nitrogens with zero attached hydrogens (tertiary/aromatic N) is 1. The van der Waals surface area contributed by atoms with Gasteiger partial charge in [-0.1, -0.05) is 49.3 Å². The number of oxime groups is 1. The van der Waals surface area contributed by atoms with Gasteiger partial charge >= 0.3 is 0 Å². The van der Waals surface area contributed by atoms with Gasteiger partial charge in [-0.05, 0) is 24.9 Å². The van der Waals surface area contributed by atoms with Gasteiger partial charge in [-0.15, -0.1) is 0 Å². The highest BCUT2D eigenvalue weighted by Crippen LogP contribution is 2.40. The highest BCUT2D eigenvalue weighted by atomic mass is 16.4. The monoisotopic (exact) mass is 261 g/mol. The lowest BCUT2D eigenvalue weighted by Crippen LogP contribution is -2.35. The molecular formula is C15H23N3O. The van der Waals surface area contributed by atoms with Crippen LogP contribution in [0, 0.1) is 5.41 Å². The molecule has 0 aromatic heterocycles. The first-order valence-electron chi connectivity index (χ1n) is 6.81. The molecule has 1 aromatic rings. The van der Waals surface area contributed by atoms with E-state index in [2.05, 4.69) is 34.7 Å². The first-order chi connectivity index (χ1) is 9.04. The van der Waals surface area contributed by atoms with Gasteiger partial charge in [-0.25, -0.2) is 0 Å². The Morgan fingerprint density at radius 2 is 2.11 bits per heavy atom. The number of nitrogens with two attached hydrogens (primary N) is 1. The minimum Gasteiger partial charge on any atom is -0.409 e. The SMILES string of the molecule is CC(C)(CCNC1CC1c1ccccc1)C(N)=NO. The Kier molecular flexibility index (Phi) is 4.10. The van der Waals surface area contributed by atoms with Crippen LogP contribution < -0.4 is 11.1 Å². The van der Waals surface area contributed by atoms with Gasteiger partial charge < -0.3 is 16.3 Å². The molecule has 4 nitrogen and oxygen atoms in total. The molecule has 0 bridgehead atoms. The summed E-state index contributed by atoms with van der Waals surface area (Å²) < 4.78 is 0. The van der Waals surface area contributed by atoms with Crippen molar-refractivity contribution in [2.45, 2.75) is 38.6 Å². The molecule has 104 valence electrons. The van der Waals surface area contributed by atoms with Crippen molar-refractivity contribution < 1.29 is 5.21 Å². The van der Waals surface area contributed by atoms with Crippen molar-refractivity contribution in [1.82, 2.24) is 5.32 Å². The molecule has 4 heteroatoms. The maximum Gasteiger partial charge on any atom is 0.144 e. The van der Waals surface area contributed by atoms with E-state index in [0.717, 1.165) is 13.0 Å². The number of hydrogen-bond donors (Lipinski definition) is 3. The van der Waals surface area contributed by atoms with E-state index < -0.39 is 0 Å². The summed E-state index contributed by atoms with van der Waals surface area (Å²) in [7, 11) is 0. The summed E-state index contributed by atoms with van der Waals surface area (Å²) in [6.45, 7) is 4.87. The Labute approximate surface area is 114 Å². The van der Waals surface area contributed by atoms with E-state index in [4.69, 9.17) is 10.9 Å². The number of nitrogens with one attached hydrogen (secondary N) is 1. The molecule has 2 unspecified atom stereocenters. The molecule has 0 saturated heterocycles. The number of amidine groups is 1. The summed E-state index contributed by atoms with van der Waals surface area (Å²) in [5, 5.41) is 15.4. The molecule has 1 aromatic carbocycles. The zero-order chi connectivity index (χ0) is 13.9. The first-order valence-corrected chi connectivity index (χ1v) is 6.81. The third-order valence-electron chi connectivity index (χ3n) is 3.98. The maximum absolute atomic E-state index is 8.72. The van der Waals surface area contributed by atoms with Crippen LogP contribution in [-0.2, 0) is 0 Å². The van der Waals surface area contributed by atoms with E-state index in [0.29, 0.717) is 17.8 Å². The van der Waals surface area contributed by atoms with Crippen molar-refractivity contribution in [3.8, 4) is 0 Å². The van der Waals surface area contributed by atoms with Gasteiger partial charge in [-0.3, -0.25) is 0 Å². The Morgan fingerprint density at radius 1 is 1.42 bits per heavy atom. The molecule has 1 aliphatic carbocycles. The van der Waals surface area contributed by atoms with E-state index in [-0.39, 0.29) is 5.41 Å². The molecule has 0 amide bonds. The van der Waals surface area contributed by atoms with Crippen molar-refractivity contribution in [3.05, 3.63) is 35.9 Å². The van der Waals surface area contributed by atoms with Gasteiger partial charge in [0.15, 0.2) is 0 Å². The van der Waals surface area contributed by atoms with Crippen LogP contribution >= 0.6 is 0 Å². The molecule has 4 N–H and O–H groups in total. The standard InChI is InChI=1S/C15H23N3O/c1-15(2,14(16)18-19)8-9-17-13-10-12(13)11-6-4-3-5-7-11/h3-7,12-13,17,19H,8-10H2,1-2H3,(H2,16,18). The molecule has 1 saturated carbocycles. The second-order valence-electron chi connectivity index (χ2n) is 5.93. The Balaban J connectivity index is 1.74. The smallest absolute Gasteiger partial charge is 0.144 e. The normalized spacial score (nSPS) is 23.4. The minimum atomic E-state index is -0.265.